The fourth-order valence-electron chi connectivity index (χ4n) is 3.32. The molecule has 3 rings (SSSR count). The maximum absolute atomic E-state index is 13.1. The molecule has 0 N–H and O–H groups in total. The summed E-state index contributed by atoms with van der Waals surface area (Å²) in [5, 5.41) is 0. The third-order valence-electron chi connectivity index (χ3n) is 4.76. The lowest BCUT2D eigenvalue weighted by Gasteiger charge is -2.34. The third kappa shape index (κ3) is 4.09. The summed E-state index contributed by atoms with van der Waals surface area (Å²) in [5.41, 5.74) is 3.42. The molecule has 0 unspecified atom stereocenters. The van der Waals surface area contributed by atoms with Crippen LogP contribution in [0.25, 0.3) is 0 Å². The Hall–Kier alpha value is -1.89. The minimum Gasteiger partial charge on any atom is -0.495 e. The minimum absolute atomic E-state index is 0.257. The number of nitrogens with zero attached hydrogens (tertiary/aromatic N) is 2. The van der Waals surface area contributed by atoms with E-state index in [0.717, 1.165) is 25.2 Å². The van der Waals surface area contributed by atoms with Crippen molar-refractivity contribution in [1.82, 2.24) is 9.21 Å². The van der Waals surface area contributed by atoms with Crippen molar-refractivity contribution in [3.63, 3.8) is 0 Å². The maximum Gasteiger partial charge on any atom is 0.246 e. The van der Waals surface area contributed by atoms with E-state index in [4.69, 9.17) is 4.74 Å². The number of ether oxygens (including phenoxy) is 1. The Bertz CT molecular complexity index is 872. The third-order valence-corrected chi connectivity index (χ3v) is 6.68. The average molecular weight is 375 g/mol. The van der Waals surface area contributed by atoms with E-state index in [0.29, 0.717) is 18.8 Å². The van der Waals surface area contributed by atoms with Crippen molar-refractivity contribution in [2.45, 2.75) is 25.3 Å². The highest BCUT2D eigenvalue weighted by Crippen LogP contribution is 2.28. The predicted molar refractivity (Wildman–Crippen MR) is 103 cm³/mol. The van der Waals surface area contributed by atoms with E-state index in [1.54, 1.807) is 16.4 Å². The van der Waals surface area contributed by atoms with Crippen LogP contribution < -0.4 is 4.74 Å². The second-order valence-electron chi connectivity index (χ2n) is 6.82. The molecule has 2 aromatic carbocycles. The second kappa shape index (κ2) is 7.78. The molecule has 6 heteroatoms. The van der Waals surface area contributed by atoms with Crippen LogP contribution in [0.2, 0.25) is 0 Å². The van der Waals surface area contributed by atoms with Gasteiger partial charge in [0.2, 0.25) is 10.0 Å². The molecule has 26 heavy (non-hydrogen) atoms. The number of hydrogen-bond donors (Lipinski definition) is 0. The van der Waals surface area contributed by atoms with Crippen LogP contribution in [0.15, 0.2) is 47.4 Å². The van der Waals surface area contributed by atoms with Gasteiger partial charge in [-0.25, -0.2) is 8.42 Å². The van der Waals surface area contributed by atoms with Gasteiger partial charge in [-0.05, 0) is 37.1 Å². The molecule has 0 aromatic heterocycles. The lowest BCUT2D eigenvalue weighted by Crippen LogP contribution is -2.48. The molecule has 1 fully saturated rings. The molecule has 140 valence electrons. The number of sulfonamides is 1. The van der Waals surface area contributed by atoms with Crippen molar-refractivity contribution < 1.29 is 13.2 Å². The van der Waals surface area contributed by atoms with Crippen molar-refractivity contribution >= 4 is 10.0 Å². The van der Waals surface area contributed by atoms with Crippen LogP contribution >= 0.6 is 0 Å². The van der Waals surface area contributed by atoms with Crippen LogP contribution in [0.3, 0.4) is 0 Å². The van der Waals surface area contributed by atoms with Gasteiger partial charge in [0.1, 0.15) is 10.6 Å². The Morgan fingerprint density at radius 1 is 0.962 bits per heavy atom. The van der Waals surface area contributed by atoms with Crippen LogP contribution in [0.1, 0.15) is 16.7 Å². The summed E-state index contributed by atoms with van der Waals surface area (Å²) in [6.45, 7) is 7.25. The Balaban J connectivity index is 1.70. The van der Waals surface area contributed by atoms with Crippen molar-refractivity contribution in [2.75, 3.05) is 33.3 Å². The summed E-state index contributed by atoms with van der Waals surface area (Å²) >= 11 is 0. The Labute approximate surface area is 156 Å². The van der Waals surface area contributed by atoms with Crippen molar-refractivity contribution in [2.24, 2.45) is 0 Å². The molecular weight excluding hydrogens is 348 g/mol. The number of methoxy groups -OCH3 is 1. The van der Waals surface area contributed by atoms with Gasteiger partial charge in [0, 0.05) is 32.7 Å². The lowest BCUT2D eigenvalue weighted by atomic mass is 10.1. The minimum atomic E-state index is -3.55. The zero-order chi connectivity index (χ0) is 18.7. The molecule has 1 aliphatic heterocycles. The second-order valence-corrected chi connectivity index (χ2v) is 8.73. The van der Waals surface area contributed by atoms with Crippen molar-refractivity contribution in [3.8, 4) is 5.75 Å². The topological polar surface area (TPSA) is 49.9 Å². The fraction of sp³-hybridized carbons (Fsp3) is 0.400. The first-order chi connectivity index (χ1) is 12.4. The van der Waals surface area contributed by atoms with Crippen molar-refractivity contribution in [1.29, 1.82) is 0 Å². The number of rotatable bonds is 5. The maximum atomic E-state index is 13.1. The molecule has 0 amide bonds. The van der Waals surface area contributed by atoms with Gasteiger partial charge in [-0.2, -0.15) is 4.31 Å². The van der Waals surface area contributed by atoms with Crippen LogP contribution in [-0.2, 0) is 16.6 Å². The molecule has 5 nitrogen and oxygen atoms in total. The first kappa shape index (κ1) is 18.9. The van der Waals surface area contributed by atoms with E-state index in [1.807, 2.05) is 13.0 Å². The van der Waals surface area contributed by atoms with Gasteiger partial charge >= 0.3 is 0 Å². The van der Waals surface area contributed by atoms with Crippen LogP contribution in [0, 0.1) is 13.8 Å². The summed E-state index contributed by atoms with van der Waals surface area (Å²) in [6, 6.07) is 13.7. The highest BCUT2D eigenvalue weighted by Gasteiger charge is 2.30. The number of aryl methyl sites for hydroxylation is 2. The van der Waals surface area contributed by atoms with Gasteiger partial charge in [0.25, 0.3) is 0 Å². The highest BCUT2D eigenvalue weighted by atomic mass is 32.2. The quantitative estimate of drug-likeness (QED) is 0.808. The average Bonchev–Trinajstić information content (AvgIpc) is 2.62. The number of benzene rings is 2. The predicted octanol–water partition coefficient (Wildman–Crippen LogP) is 2.82. The van der Waals surface area contributed by atoms with E-state index in [2.05, 4.69) is 36.1 Å². The summed E-state index contributed by atoms with van der Waals surface area (Å²) in [4.78, 5) is 2.56. The van der Waals surface area contributed by atoms with E-state index >= 15 is 0 Å². The lowest BCUT2D eigenvalue weighted by molar-refractivity contribution is 0.181. The fourth-order valence-corrected chi connectivity index (χ4v) is 4.98. The first-order valence-corrected chi connectivity index (χ1v) is 10.3. The summed E-state index contributed by atoms with van der Waals surface area (Å²) in [6.07, 6.45) is 0. The molecule has 1 saturated heterocycles. The Morgan fingerprint density at radius 3 is 2.31 bits per heavy atom. The van der Waals surface area contributed by atoms with Gasteiger partial charge in [0.05, 0.1) is 7.11 Å². The zero-order valence-electron chi connectivity index (χ0n) is 15.6. The van der Waals surface area contributed by atoms with Gasteiger partial charge in [-0.3, -0.25) is 4.90 Å². The Morgan fingerprint density at radius 2 is 1.65 bits per heavy atom. The molecule has 0 aliphatic carbocycles. The molecular formula is C20H26N2O3S. The molecule has 0 spiro atoms. The normalized spacial score (nSPS) is 16.6. The van der Waals surface area contributed by atoms with E-state index in [1.165, 1.54) is 18.2 Å². The van der Waals surface area contributed by atoms with Crippen LogP contribution in [0.5, 0.6) is 5.75 Å². The molecule has 0 saturated carbocycles. The molecule has 0 radical (unpaired) electrons. The molecule has 1 heterocycles. The molecule has 0 atom stereocenters. The molecule has 1 aliphatic rings. The number of hydrogen-bond acceptors (Lipinski definition) is 4. The van der Waals surface area contributed by atoms with Gasteiger partial charge in [0.15, 0.2) is 0 Å². The first-order valence-electron chi connectivity index (χ1n) is 8.83. The Kier molecular flexibility index (Phi) is 5.65. The van der Waals surface area contributed by atoms with E-state index in [9.17, 15) is 8.42 Å². The van der Waals surface area contributed by atoms with Gasteiger partial charge in [-0.15, -0.1) is 0 Å². The monoisotopic (exact) mass is 374 g/mol. The largest absolute Gasteiger partial charge is 0.495 e. The van der Waals surface area contributed by atoms with Gasteiger partial charge < -0.3 is 4.74 Å². The van der Waals surface area contributed by atoms with E-state index in [-0.39, 0.29) is 4.90 Å². The smallest absolute Gasteiger partial charge is 0.246 e. The zero-order valence-corrected chi connectivity index (χ0v) is 16.4. The SMILES string of the molecule is COc1ccc(C)cc1S(=O)(=O)N1CCN(Cc2cccc(C)c2)CC1. The van der Waals surface area contributed by atoms with Crippen molar-refractivity contribution in [3.05, 3.63) is 59.2 Å². The molecule has 0 bridgehead atoms. The van der Waals surface area contributed by atoms with E-state index < -0.39 is 10.0 Å². The summed E-state index contributed by atoms with van der Waals surface area (Å²) in [5.74, 6) is 0.401. The summed E-state index contributed by atoms with van der Waals surface area (Å²) < 4.78 is 33.0. The summed E-state index contributed by atoms with van der Waals surface area (Å²) in [7, 11) is -2.05. The van der Waals surface area contributed by atoms with Crippen LogP contribution in [0.4, 0.5) is 0 Å². The standard InChI is InChI=1S/C20H26N2O3S/c1-16-5-4-6-18(13-16)15-21-9-11-22(12-10-21)26(23,24)20-14-17(2)7-8-19(20)25-3/h4-8,13-14H,9-12,15H2,1-3H3. The highest BCUT2D eigenvalue weighted by molar-refractivity contribution is 7.89. The number of piperazine rings is 1. The molecule has 2 aromatic rings. The van der Waals surface area contributed by atoms with Crippen LogP contribution in [-0.4, -0.2) is 50.9 Å². The van der Waals surface area contributed by atoms with Gasteiger partial charge in [-0.1, -0.05) is 35.9 Å².